The van der Waals surface area contributed by atoms with Gasteiger partial charge in [-0.25, -0.2) is 13.9 Å². The average Bonchev–Trinajstić information content (AvgIpc) is 2.88. The molecule has 2 heterocycles. The van der Waals surface area contributed by atoms with Crippen molar-refractivity contribution in [3.05, 3.63) is 54.4 Å². The van der Waals surface area contributed by atoms with Crippen molar-refractivity contribution in [1.82, 2.24) is 19.7 Å². The number of rotatable bonds is 8. The average molecular weight is 555 g/mol. The van der Waals surface area contributed by atoms with E-state index in [2.05, 4.69) is 4.98 Å². The van der Waals surface area contributed by atoms with E-state index in [0.717, 1.165) is 4.31 Å². The van der Waals surface area contributed by atoms with Crippen LogP contribution in [0.5, 0.6) is 5.75 Å². The number of hydroxylamine groups is 1. The summed E-state index contributed by atoms with van der Waals surface area (Å²) in [4.78, 5) is 31.5. The molecule has 2 N–H and O–H groups in total. The number of piperidine rings is 1. The monoisotopic (exact) mass is 554 g/mol. The molecule has 1 fully saturated rings. The fourth-order valence-corrected chi connectivity index (χ4v) is 6.06. The molecule has 1 aromatic carbocycles. The van der Waals surface area contributed by atoms with E-state index < -0.39 is 33.3 Å². The molecule has 0 bridgehead atoms. The van der Waals surface area contributed by atoms with Gasteiger partial charge < -0.3 is 9.64 Å². The molecule has 2 amide bonds. The summed E-state index contributed by atoms with van der Waals surface area (Å²) in [6.45, 7) is 6.23. The van der Waals surface area contributed by atoms with Crippen molar-refractivity contribution in [1.29, 1.82) is 0 Å². The van der Waals surface area contributed by atoms with Crippen molar-refractivity contribution in [2.24, 2.45) is 11.3 Å². The van der Waals surface area contributed by atoms with Gasteiger partial charge in [-0.3, -0.25) is 19.8 Å². The molecule has 1 aliphatic heterocycles. The molecule has 0 saturated carbocycles. The molecule has 12 heteroatoms. The highest BCUT2D eigenvalue weighted by molar-refractivity contribution is 7.89. The van der Waals surface area contributed by atoms with Crippen LogP contribution in [0.3, 0.4) is 0 Å². The van der Waals surface area contributed by atoms with Crippen molar-refractivity contribution >= 4 is 34.2 Å². The lowest BCUT2D eigenvalue weighted by Crippen LogP contribution is -2.55. The minimum atomic E-state index is -4.18. The number of sulfonamides is 1. The summed E-state index contributed by atoms with van der Waals surface area (Å²) in [6, 6.07) is 8.08. The maximum absolute atomic E-state index is 13.9. The second-order valence-corrected chi connectivity index (χ2v) is 11.8. The number of aromatic nitrogens is 1. The Hall–Kier alpha value is -2.73. The number of ether oxygens (including phenoxy) is 1. The Bertz CT molecular complexity index is 1150. The van der Waals surface area contributed by atoms with Gasteiger partial charge in [0.15, 0.2) is 0 Å². The normalized spacial score (nSPS) is 15.6. The summed E-state index contributed by atoms with van der Waals surface area (Å²) >= 11 is 0. The maximum atomic E-state index is 13.9. The Labute approximate surface area is 224 Å². The Kier molecular flexibility index (Phi) is 10.5. The molecule has 37 heavy (non-hydrogen) atoms. The fourth-order valence-electron chi connectivity index (χ4n) is 4.42. The highest BCUT2D eigenvalue weighted by Crippen LogP contribution is 2.32. The molecule has 204 valence electrons. The number of halogens is 1. The van der Waals surface area contributed by atoms with E-state index in [1.54, 1.807) is 34.9 Å². The predicted octanol–water partition coefficient (Wildman–Crippen LogP) is 2.86. The van der Waals surface area contributed by atoms with Crippen LogP contribution in [-0.2, 0) is 26.2 Å². The van der Waals surface area contributed by atoms with Crippen molar-refractivity contribution in [2.45, 2.75) is 51.1 Å². The van der Waals surface area contributed by atoms with Crippen LogP contribution in [-0.4, -0.2) is 65.9 Å². The smallest absolute Gasteiger partial charge is 0.262 e. The Balaban J connectivity index is 0.00000481. The minimum Gasteiger partial charge on any atom is -0.497 e. The van der Waals surface area contributed by atoms with Crippen LogP contribution in [0.25, 0.3) is 0 Å². The van der Waals surface area contributed by atoms with E-state index in [1.165, 1.54) is 31.4 Å². The van der Waals surface area contributed by atoms with Crippen LogP contribution in [0.2, 0.25) is 0 Å². The highest BCUT2D eigenvalue weighted by Gasteiger charge is 2.43. The molecule has 1 atom stereocenters. The zero-order valence-electron chi connectivity index (χ0n) is 21.5. The molecule has 2 aromatic rings. The first-order valence-electron chi connectivity index (χ1n) is 11.8. The van der Waals surface area contributed by atoms with Crippen molar-refractivity contribution in [2.75, 3.05) is 20.2 Å². The number of carbonyl (C=O) groups is 2. The topological polar surface area (TPSA) is 129 Å². The van der Waals surface area contributed by atoms with Gasteiger partial charge in [0.05, 0.1) is 12.0 Å². The Morgan fingerprint density at radius 2 is 1.70 bits per heavy atom. The van der Waals surface area contributed by atoms with E-state index in [9.17, 15) is 23.2 Å². The van der Waals surface area contributed by atoms with Gasteiger partial charge in [-0.05, 0) is 60.7 Å². The van der Waals surface area contributed by atoms with Crippen LogP contribution in [0.15, 0.2) is 53.7 Å². The largest absolute Gasteiger partial charge is 0.497 e. The first-order chi connectivity index (χ1) is 17.0. The van der Waals surface area contributed by atoms with Crippen LogP contribution < -0.4 is 10.2 Å². The van der Waals surface area contributed by atoms with Crippen molar-refractivity contribution < 1.29 is 28.0 Å². The molecule has 3 rings (SSSR count). The van der Waals surface area contributed by atoms with Gasteiger partial charge in [0.25, 0.3) is 5.91 Å². The molecule has 10 nitrogen and oxygen atoms in total. The summed E-state index contributed by atoms with van der Waals surface area (Å²) in [5, 5.41) is 9.59. The van der Waals surface area contributed by atoms with Gasteiger partial charge >= 0.3 is 0 Å². The predicted molar refractivity (Wildman–Crippen MR) is 140 cm³/mol. The van der Waals surface area contributed by atoms with Crippen molar-refractivity contribution in [3.63, 3.8) is 0 Å². The minimum absolute atomic E-state index is 0. The molecule has 1 aromatic heterocycles. The molecule has 0 unspecified atom stereocenters. The number of pyridine rings is 1. The van der Waals surface area contributed by atoms with Crippen LogP contribution >= 0.6 is 12.4 Å². The Morgan fingerprint density at radius 3 is 2.19 bits per heavy atom. The van der Waals surface area contributed by atoms with E-state index in [4.69, 9.17) is 4.74 Å². The lowest BCUT2D eigenvalue weighted by Gasteiger charge is -2.40. The Morgan fingerprint density at radius 1 is 1.14 bits per heavy atom. The third kappa shape index (κ3) is 7.19. The number of nitrogens with one attached hydrogen (secondary N) is 1. The fraction of sp³-hybridized carbons (Fsp3) is 0.480. The number of nitrogens with zero attached hydrogens (tertiary/aromatic N) is 3. The van der Waals surface area contributed by atoms with Gasteiger partial charge in [-0.1, -0.05) is 20.8 Å². The number of amides is 2. The number of likely N-dealkylation sites (tertiary alicyclic amines) is 1. The molecule has 1 saturated heterocycles. The summed E-state index contributed by atoms with van der Waals surface area (Å²) in [5.74, 6) is -0.739. The van der Waals surface area contributed by atoms with E-state index in [0.29, 0.717) is 37.2 Å². The number of benzene rings is 1. The lowest BCUT2D eigenvalue weighted by molar-refractivity contribution is -0.142. The standard InChI is InChI=1S/C25H34N4O6S.ClH/c1-25(2,3)24(31)28-15-11-19(12-16-28)22(23(30)27-32)29(17-18-9-13-26-14-10-18)36(33,34)21-7-5-20(35-4)6-8-21;/h5-10,13-14,19,22,32H,11-12,15-17H2,1-4H3,(H,27,30);1H/t22-;/m1./s1. The van der Waals surface area contributed by atoms with E-state index in [-0.39, 0.29) is 29.8 Å². The first-order valence-corrected chi connectivity index (χ1v) is 13.2. The first kappa shape index (κ1) is 30.5. The second-order valence-electron chi connectivity index (χ2n) is 9.88. The van der Waals surface area contributed by atoms with Crippen LogP contribution in [0, 0.1) is 11.3 Å². The molecular formula is C25H35ClN4O6S. The second kappa shape index (κ2) is 12.7. The summed E-state index contributed by atoms with van der Waals surface area (Å²) in [6.07, 6.45) is 3.91. The number of hydrogen-bond acceptors (Lipinski definition) is 7. The van der Waals surface area contributed by atoms with Gasteiger partial charge in [0.1, 0.15) is 11.8 Å². The number of carbonyl (C=O) groups excluding carboxylic acids is 2. The van der Waals surface area contributed by atoms with Gasteiger partial charge in [0, 0.05) is 37.4 Å². The van der Waals surface area contributed by atoms with Gasteiger partial charge in [-0.15, -0.1) is 12.4 Å². The summed E-state index contributed by atoms with van der Waals surface area (Å²) < 4.78 is 34.0. The number of hydrogen-bond donors (Lipinski definition) is 2. The van der Waals surface area contributed by atoms with Gasteiger partial charge in [-0.2, -0.15) is 4.31 Å². The van der Waals surface area contributed by atoms with Crippen LogP contribution in [0.1, 0.15) is 39.2 Å². The zero-order valence-corrected chi connectivity index (χ0v) is 23.1. The zero-order chi connectivity index (χ0) is 26.5. The summed E-state index contributed by atoms with van der Waals surface area (Å²) in [7, 11) is -2.69. The molecule has 0 spiro atoms. The van der Waals surface area contributed by atoms with Crippen molar-refractivity contribution in [3.8, 4) is 5.75 Å². The maximum Gasteiger partial charge on any atom is 0.262 e. The molecule has 0 radical (unpaired) electrons. The third-order valence-corrected chi connectivity index (χ3v) is 8.20. The van der Waals surface area contributed by atoms with E-state index in [1.807, 2.05) is 20.8 Å². The molecule has 1 aliphatic rings. The number of methoxy groups -OCH3 is 1. The van der Waals surface area contributed by atoms with Crippen LogP contribution in [0.4, 0.5) is 0 Å². The quantitative estimate of drug-likeness (QED) is 0.379. The lowest BCUT2D eigenvalue weighted by atomic mass is 9.86. The molecule has 0 aliphatic carbocycles. The van der Waals surface area contributed by atoms with Gasteiger partial charge in [0.2, 0.25) is 15.9 Å². The highest BCUT2D eigenvalue weighted by atomic mass is 35.5. The summed E-state index contributed by atoms with van der Waals surface area (Å²) in [5.41, 5.74) is 1.77. The third-order valence-electron chi connectivity index (χ3n) is 6.36. The molecular weight excluding hydrogens is 520 g/mol. The van der Waals surface area contributed by atoms with E-state index >= 15 is 0 Å². The SMILES string of the molecule is COc1ccc(S(=O)(=O)N(Cc2ccncc2)[C@@H](C(=O)NO)C2CCN(C(=O)C(C)(C)C)CC2)cc1.Cl.